The lowest BCUT2D eigenvalue weighted by Gasteiger charge is -2.36. The Bertz CT molecular complexity index is 184. The summed E-state index contributed by atoms with van der Waals surface area (Å²) in [6, 6.07) is 0. The summed E-state index contributed by atoms with van der Waals surface area (Å²) in [5.41, 5.74) is 0.201. The van der Waals surface area contributed by atoms with E-state index in [1.807, 2.05) is 0 Å². The van der Waals surface area contributed by atoms with Crippen molar-refractivity contribution in [3.63, 3.8) is 0 Å². The predicted molar refractivity (Wildman–Crippen MR) is 71.9 cm³/mol. The van der Waals surface area contributed by atoms with E-state index in [4.69, 9.17) is 21.1 Å². The van der Waals surface area contributed by atoms with Crippen molar-refractivity contribution in [2.24, 2.45) is 0 Å². The maximum Gasteiger partial charge on any atom is 0.0700 e. The van der Waals surface area contributed by atoms with Gasteiger partial charge in [-0.3, -0.25) is 0 Å². The zero-order valence-corrected chi connectivity index (χ0v) is 11.7. The summed E-state index contributed by atoms with van der Waals surface area (Å²) in [7, 11) is 1.69. The molecule has 0 heterocycles. The fourth-order valence-corrected chi connectivity index (χ4v) is 2.72. The highest BCUT2D eigenvalue weighted by atomic mass is 35.5. The molecule has 0 bridgehead atoms. The zero-order valence-electron chi connectivity index (χ0n) is 11.0. The van der Waals surface area contributed by atoms with Gasteiger partial charge in [-0.25, -0.2) is 0 Å². The van der Waals surface area contributed by atoms with Gasteiger partial charge in [-0.1, -0.05) is 19.3 Å². The second-order valence-corrected chi connectivity index (χ2v) is 5.13. The highest BCUT2D eigenvalue weighted by Crippen LogP contribution is 2.29. The van der Waals surface area contributed by atoms with Crippen LogP contribution in [0.4, 0.5) is 0 Å². The van der Waals surface area contributed by atoms with Crippen molar-refractivity contribution < 1.29 is 9.47 Å². The molecule has 0 aromatic heterocycles. The number of rotatable bonds is 9. The molecular weight excluding hydrogens is 238 g/mol. The highest BCUT2D eigenvalue weighted by molar-refractivity contribution is 6.18. The molecule has 0 amide bonds. The van der Waals surface area contributed by atoms with Crippen molar-refractivity contribution in [3.05, 3.63) is 0 Å². The van der Waals surface area contributed by atoms with Crippen LogP contribution in [0.5, 0.6) is 0 Å². The molecular formula is C13H26ClNO2. The van der Waals surface area contributed by atoms with Crippen LogP contribution in [-0.2, 0) is 9.47 Å². The number of hydrogen-bond acceptors (Lipinski definition) is 3. The summed E-state index contributed by atoms with van der Waals surface area (Å²) in [5.74, 6) is 0.734. The van der Waals surface area contributed by atoms with Crippen molar-refractivity contribution in [2.75, 3.05) is 39.4 Å². The van der Waals surface area contributed by atoms with Gasteiger partial charge in [-0.15, -0.1) is 11.6 Å². The van der Waals surface area contributed by atoms with E-state index in [1.54, 1.807) is 7.11 Å². The molecule has 1 fully saturated rings. The Morgan fingerprint density at radius 3 is 2.53 bits per heavy atom. The van der Waals surface area contributed by atoms with Gasteiger partial charge in [0, 0.05) is 25.1 Å². The number of nitrogens with one attached hydrogen (secondary N) is 1. The maximum absolute atomic E-state index is 6.11. The molecule has 3 nitrogen and oxygen atoms in total. The number of halogens is 1. The second kappa shape index (κ2) is 9.15. The molecule has 0 radical (unpaired) electrons. The first-order chi connectivity index (χ1) is 8.33. The van der Waals surface area contributed by atoms with Gasteiger partial charge in [0.25, 0.3) is 0 Å². The molecule has 1 N–H and O–H groups in total. The van der Waals surface area contributed by atoms with E-state index in [2.05, 4.69) is 5.32 Å². The minimum atomic E-state index is 0.201. The molecule has 1 rings (SSSR count). The summed E-state index contributed by atoms with van der Waals surface area (Å²) in [4.78, 5) is 0. The quantitative estimate of drug-likeness (QED) is 0.512. The topological polar surface area (TPSA) is 30.5 Å². The molecule has 102 valence electrons. The van der Waals surface area contributed by atoms with Gasteiger partial charge < -0.3 is 14.8 Å². The van der Waals surface area contributed by atoms with E-state index in [9.17, 15) is 0 Å². The number of ether oxygens (including phenoxy) is 2. The lowest BCUT2D eigenvalue weighted by Crippen LogP contribution is -2.49. The molecule has 17 heavy (non-hydrogen) atoms. The van der Waals surface area contributed by atoms with Crippen LogP contribution < -0.4 is 5.32 Å². The van der Waals surface area contributed by atoms with Crippen LogP contribution >= 0.6 is 11.6 Å². The van der Waals surface area contributed by atoms with E-state index in [0.29, 0.717) is 13.2 Å². The standard InChI is InChI=1S/C13H26ClNO2/c1-16-10-11-17-9-5-8-15-13(12-14)6-3-2-4-7-13/h15H,2-12H2,1H3. The highest BCUT2D eigenvalue weighted by Gasteiger charge is 2.29. The molecule has 1 aliphatic rings. The van der Waals surface area contributed by atoms with Gasteiger partial charge in [-0.2, -0.15) is 0 Å². The SMILES string of the molecule is COCCOCCCNC1(CCl)CCCCC1. The van der Waals surface area contributed by atoms with Crippen LogP contribution in [0.15, 0.2) is 0 Å². The van der Waals surface area contributed by atoms with Gasteiger partial charge in [0.2, 0.25) is 0 Å². The van der Waals surface area contributed by atoms with Crippen molar-refractivity contribution in [1.82, 2.24) is 5.32 Å². The molecule has 1 saturated carbocycles. The summed E-state index contributed by atoms with van der Waals surface area (Å²) >= 11 is 6.11. The Balaban J connectivity index is 2.03. The largest absolute Gasteiger partial charge is 0.382 e. The van der Waals surface area contributed by atoms with Crippen LogP contribution in [0.2, 0.25) is 0 Å². The Morgan fingerprint density at radius 2 is 1.88 bits per heavy atom. The fraction of sp³-hybridized carbons (Fsp3) is 1.00. The number of alkyl halides is 1. The van der Waals surface area contributed by atoms with Gasteiger partial charge in [0.1, 0.15) is 0 Å². The van der Waals surface area contributed by atoms with E-state index < -0.39 is 0 Å². The zero-order chi connectivity index (χ0) is 12.4. The molecule has 0 spiro atoms. The first-order valence-corrected chi connectivity index (χ1v) is 7.24. The normalized spacial score (nSPS) is 19.4. The van der Waals surface area contributed by atoms with Gasteiger partial charge >= 0.3 is 0 Å². The molecule has 4 heteroatoms. The third kappa shape index (κ3) is 6.05. The molecule has 1 aliphatic carbocycles. The van der Waals surface area contributed by atoms with Crippen LogP contribution in [0.3, 0.4) is 0 Å². The first-order valence-electron chi connectivity index (χ1n) is 6.71. The molecule has 0 atom stereocenters. The smallest absolute Gasteiger partial charge is 0.0700 e. The van der Waals surface area contributed by atoms with Crippen molar-refractivity contribution in [2.45, 2.75) is 44.1 Å². The minimum absolute atomic E-state index is 0.201. The number of methoxy groups -OCH3 is 1. The number of hydrogen-bond donors (Lipinski definition) is 1. The summed E-state index contributed by atoms with van der Waals surface area (Å²) in [6.07, 6.45) is 7.47. The van der Waals surface area contributed by atoms with E-state index in [0.717, 1.165) is 25.5 Å². The Hall–Kier alpha value is 0.170. The molecule has 0 aromatic rings. The lowest BCUT2D eigenvalue weighted by atomic mass is 9.83. The van der Waals surface area contributed by atoms with Crippen LogP contribution in [-0.4, -0.2) is 44.9 Å². The van der Waals surface area contributed by atoms with E-state index >= 15 is 0 Å². The summed E-state index contributed by atoms with van der Waals surface area (Å²) in [6.45, 7) is 3.17. The lowest BCUT2D eigenvalue weighted by molar-refractivity contribution is 0.0684. The molecule has 0 saturated heterocycles. The van der Waals surface area contributed by atoms with Crippen LogP contribution in [0, 0.1) is 0 Å². The van der Waals surface area contributed by atoms with E-state index in [-0.39, 0.29) is 5.54 Å². The second-order valence-electron chi connectivity index (χ2n) is 4.86. The molecule has 0 aromatic carbocycles. The first kappa shape index (κ1) is 15.2. The van der Waals surface area contributed by atoms with Gasteiger partial charge in [0.15, 0.2) is 0 Å². The Morgan fingerprint density at radius 1 is 1.12 bits per heavy atom. The van der Waals surface area contributed by atoms with Crippen LogP contribution in [0.25, 0.3) is 0 Å². The fourth-order valence-electron chi connectivity index (χ4n) is 2.36. The maximum atomic E-state index is 6.11. The average Bonchev–Trinajstić information content (AvgIpc) is 2.39. The van der Waals surface area contributed by atoms with Crippen molar-refractivity contribution in [3.8, 4) is 0 Å². The Kier molecular flexibility index (Phi) is 8.19. The van der Waals surface area contributed by atoms with Crippen LogP contribution in [0.1, 0.15) is 38.5 Å². The molecule has 0 aliphatic heterocycles. The van der Waals surface area contributed by atoms with E-state index in [1.165, 1.54) is 32.1 Å². The summed E-state index contributed by atoms with van der Waals surface area (Å²) in [5, 5.41) is 3.63. The van der Waals surface area contributed by atoms with Gasteiger partial charge in [-0.05, 0) is 25.8 Å². The van der Waals surface area contributed by atoms with Crippen molar-refractivity contribution in [1.29, 1.82) is 0 Å². The average molecular weight is 264 g/mol. The monoisotopic (exact) mass is 263 g/mol. The van der Waals surface area contributed by atoms with Crippen molar-refractivity contribution >= 4 is 11.6 Å². The minimum Gasteiger partial charge on any atom is -0.382 e. The van der Waals surface area contributed by atoms with Gasteiger partial charge in [0.05, 0.1) is 13.2 Å². The third-order valence-electron chi connectivity index (χ3n) is 3.46. The Labute approximate surface area is 110 Å². The summed E-state index contributed by atoms with van der Waals surface area (Å²) < 4.78 is 10.4. The third-order valence-corrected chi connectivity index (χ3v) is 3.98. The molecule has 0 unspecified atom stereocenters. The predicted octanol–water partition coefficient (Wildman–Crippen LogP) is 2.57.